The number of hydrogen-bond acceptors (Lipinski definition) is 4. The summed E-state index contributed by atoms with van der Waals surface area (Å²) in [5.74, 6) is -0.648. The Hall–Kier alpha value is -2.99. The average Bonchev–Trinajstić information content (AvgIpc) is 2.72. The summed E-state index contributed by atoms with van der Waals surface area (Å²) in [6.45, 7) is 4.33. The molecule has 0 radical (unpaired) electrons. The van der Waals surface area contributed by atoms with Crippen LogP contribution in [0.1, 0.15) is 37.0 Å². The largest absolute Gasteiger partial charge is 0.370 e. The monoisotopic (exact) mass is 408 g/mol. The first-order valence-corrected chi connectivity index (χ1v) is 10.3. The molecule has 0 saturated heterocycles. The lowest BCUT2D eigenvalue weighted by Crippen LogP contribution is -2.52. The molecule has 6 heteroatoms. The van der Waals surface area contributed by atoms with Gasteiger partial charge in [0.05, 0.1) is 12.6 Å². The van der Waals surface area contributed by atoms with Crippen molar-refractivity contribution in [1.82, 2.24) is 10.6 Å². The zero-order valence-corrected chi connectivity index (χ0v) is 17.4. The van der Waals surface area contributed by atoms with Crippen molar-refractivity contribution in [2.75, 3.05) is 13.2 Å². The van der Waals surface area contributed by atoms with Crippen LogP contribution in [0.15, 0.2) is 54.6 Å². The van der Waals surface area contributed by atoms with Crippen LogP contribution in [0.5, 0.6) is 0 Å². The second-order valence-corrected chi connectivity index (χ2v) is 7.97. The van der Waals surface area contributed by atoms with Crippen molar-refractivity contribution < 1.29 is 19.1 Å². The summed E-state index contributed by atoms with van der Waals surface area (Å²) in [5.41, 5.74) is 0.494. The number of nitrogens with one attached hydrogen (secondary N) is 2. The SMILES string of the molecule is CC(C)CC(NC(=O)c1ccc2ccccc2c1)C(=O)N[C@H]1CC=CCOCC1=O. The molecule has 1 aliphatic rings. The average molecular weight is 408 g/mol. The molecular formula is C24H28N2O4. The Morgan fingerprint density at radius 3 is 2.63 bits per heavy atom. The fourth-order valence-corrected chi connectivity index (χ4v) is 3.45. The Balaban J connectivity index is 1.72. The van der Waals surface area contributed by atoms with E-state index < -0.39 is 12.1 Å². The summed E-state index contributed by atoms with van der Waals surface area (Å²) < 4.78 is 5.22. The van der Waals surface area contributed by atoms with Crippen molar-refractivity contribution in [2.24, 2.45) is 5.92 Å². The van der Waals surface area contributed by atoms with Crippen LogP contribution in [0.3, 0.4) is 0 Å². The highest BCUT2D eigenvalue weighted by molar-refractivity contribution is 6.01. The molecule has 0 spiro atoms. The Labute approximate surface area is 176 Å². The van der Waals surface area contributed by atoms with Gasteiger partial charge in [-0.2, -0.15) is 0 Å². The first kappa shape index (κ1) is 21.7. The Kier molecular flexibility index (Phi) is 7.36. The predicted octanol–water partition coefficient (Wildman–Crippen LogP) is 3.01. The number of carbonyl (C=O) groups excluding carboxylic acids is 3. The highest BCUT2D eigenvalue weighted by Gasteiger charge is 2.27. The maximum atomic E-state index is 12.9. The van der Waals surface area contributed by atoms with Crippen LogP contribution in [0.25, 0.3) is 10.8 Å². The summed E-state index contributed by atoms with van der Waals surface area (Å²) in [6.07, 6.45) is 4.55. The van der Waals surface area contributed by atoms with Crippen LogP contribution in [0, 0.1) is 5.92 Å². The number of benzene rings is 2. The van der Waals surface area contributed by atoms with Crippen LogP contribution in [-0.4, -0.2) is 42.9 Å². The number of ether oxygens (including phenoxy) is 1. The van der Waals surface area contributed by atoms with Gasteiger partial charge in [0, 0.05) is 5.56 Å². The normalized spacial score (nSPS) is 18.0. The number of rotatable bonds is 6. The van der Waals surface area contributed by atoms with E-state index in [0.717, 1.165) is 10.8 Å². The van der Waals surface area contributed by atoms with Gasteiger partial charge in [0.25, 0.3) is 5.91 Å². The number of ketones is 1. The molecule has 1 unspecified atom stereocenters. The lowest BCUT2D eigenvalue weighted by molar-refractivity contribution is -0.131. The molecule has 2 aromatic rings. The lowest BCUT2D eigenvalue weighted by Gasteiger charge is -2.24. The number of amides is 2. The summed E-state index contributed by atoms with van der Waals surface area (Å²) in [5, 5.41) is 7.65. The zero-order chi connectivity index (χ0) is 21.5. The molecule has 2 aromatic carbocycles. The second kappa shape index (κ2) is 10.2. The second-order valence-electron chi connectivity index (χ2n) is 7.97. The Bertz CT molecular complexity index is 951. The molecule has 3 rings (SSSR count). The van der Waals surface area contributed by atoms with Crippen molar-refractivity contribution in [1.29, 1.82) is 0 Å². The summed E-state index contributed by atoms with van der Waals surface area (Å²) in [7, 11) is 0. The van der Waals surface area contributed by atoms with E-state index in [4.69, 9.17) is 4.74 Å². The standard InChI is InChI=1S/C24H28N2O4/c1-16(2)13-21(24(29)25-20-9-5-6-12-30-15-22(20)27)26-23(28)19-11-10-17-7-3-4-8-18(17)14-19/h3-8,10-11,14,16,20-21H,9,12-13,15H2,1-2H3,(H,25,29)(H,26,28)/t20-,21?/m0/s1. The van der Waals surface area contributed by atoms with Gasteiger partial charge in [-0.05, 0) is 41.7 Å². The van der Waals surface area contributed by atoms with Gasteiger partial charge >= 0.3 is 0 Å². The maximum absolute atomic E-state index is 12.9. The fraction of sp³-hybridized carbons (Fsp3) is 0.375. The molecule has 0 aliphatic carbocycles. The quantitative estimate of drug-likeness (QED) is 0.720. The van der Waals surface area contributed by atoms with Crippen molar-refractivity contribution in [3.8, 4) is 0 Å². The van der Waals surface area contributed by atoms with E-state index in [-0.39, 0.29) is 30.1 Å². The number of Topliss-reactive ketones (excluding diaryl/α,β-unsaturated/α-hetero) is 1. The van der Waals surface area contributed by atoms with E-state index in [9.17, 15) is 14.4 Å². The van der Waals surface area contributed by atoms with Gasteiger partial charge in [0.2, 0.25) is 5.91 Å². The van der Waals surface area contributed by atoms with Gasteiger partial charge in [0.1, 0.15) is 12.6 Å². The molecular weight excluding hydrogens is 380 g/mol. The molecule has 0 saturated carbocycles. The number of hydrogen-bond donors (Lipinski definition) is 2. The van der Waals surface area contributed by atoms with Gasteiger partial charge in [0.15, 0.2) is 5.78 Å². The smallest absolute Gasteiger partial charge is 0.251 e. The lowest BCUT2D eigenvalue weighted by atomic mass is 10.0. The van der Waals surface area contributed by atoms with Gasteiger partial charge in [-0.3, -0.25) is 14.4 Å². The third kappa shape index (κ3) is 5.76. The van der Waals surface area contributed by atoms with E-state index in [2.05, 4.69) is 10.6 Å². The van der Waals surface area contributed by atoms with Crippen LogP contribution in [0.4, 0.5) is 0 Å². The summed E-state index contributed by atoms with van der Waals surface area (Å²) in [6, 6.07) is 11.9. The highest BCUT2D eigenvalue weighted by atomic mass is 16.5. The minimum Gasteiger partial charge on any atom is -0.370 e. The Morgan fingerprint density at radius 1 is 1.10 bits per heavy atom. The van der Waals surface area contributed by atoms with E-state index in [0.29, 0.717) is 25.0 Å². The molecule has 0 fully saturated rings. The highest BCUT2D eigenvalue weighted by Crippen LogP contribution is 2.16. The molecule has 0 aromatic heterocycles. The third-order valence-corrected chi connectivity index (χ3v) is 5.04. The third-order valence-electron chi connectivity index (χ3n) is 5.04. The first-order chi connectivity index (χ1) is 14.4. The van der Waals surface area contributed by atoms with Crippen LogP contribution in [0.2, 0.25) is 0 Å². The van der Waals surface area contributed by atoms with E-state index in [1.165, 1.54) is 0 Å². The summed E-state index contributed by atoms with van der Waals surface area (Å²) >= 11 is 0. The summed E-state index contributed by atoms with van der Waals surface area (Å²) in [4.78, 5) is 38.0. The molecule has 158 valence electrons. The van der Waals surface area contributed by atoms with Gasteiger partial charge in [-0.25, -0.2) is 0 Å². The zero-order valence-electron chi connectivity index (χ0n) is 17.4. The van der Waals surface area contributed by atoms with Crippen LogP contribution < -0.4 is 10.6 Å². The molecule has 0 bridgehead atoms. The molecule has 30 heavy (non-hydrogen) atoms. The van der Waals surface area contributed by atoms with Gasteiger partial charge in [-0.15, -0.1) is 0 Å². The minimum absolute atomic E-state index is 0.0341. The topological polar surface area (TPSA) is 84.5 Å². The molecule has 2 N–H and O–H groups in total. The van der Waals surface area contributed by atoms with Gasteiger partial charge in [-0.1, -0.05) is 56.3 Å². The molecule has 2 atom stereocenters. The fourth-order valence-electron chi connectivity index (χ4n) is 3.45. The van der Waals surface area contributed by atoms with E-state index in [1.54, 1.807) is 6.07 Å². The maximum Gasteiger partial charge on any atom is 0.251 e. The van der Waals surface area contributed by atoms with Crippen LogP contribution >= 0.6 is 0 Å². The van der Waals surface area contributed by atoms with Crippen LogP contribution in [-0.2, 0) is 14.3 Å². The van der Waals surface area contributed by atoms with Crippen molar-refractivity contribution in [3.63, 3.8) is 0 Å². The number of carbonyl (C=O) groups is 3. The number of fused-ring (bicyclic) bond motifs is 1. The van der Waals surface area contributed by atoms with Crippen molar-refractivity contribution >= 4 is 28.4 Å². The molecule has 1 heterocycles. The molecule has 1 aliphatic heterocycles. The molecule has 2 amide bonds. The van der Waals surface area contributed by atoms with Crippen molar-refractivity contribution in [3.05, 3.63) is 60.2 Å². The van der Waals surface area contributed by atoms with E-state index >= 15 is 0 Å². The molecule has 6 nitrogen and oxygen atoms in total. The van der Waals surface area contributed by atoms with E-state index in [1.807, 2.05) is 62.4 Å². The minimum atomic E-state index is -0.730. The van der Waals surface area contributed by atoms with Gasteiger partial charge < -0.3 is 15.4 Å². The first-order valence-electron chi connectivity index (χ1n) is 10.3. The predicted molar refractivity (Wildman–Crippen MR) is 116 cm³/mol. The Morgan fingerprint density at radius 2 is 1.87 bits per heavy atom. The van der Waals surface area contributed by atoms with Crippen molar-refractivity contribution in [2.45, 2.75) is 38.8 Å².